The number of hydrogen-bond donors (Lipinski definition) is 1. The minimum atomic E-state index is -1.19. The second-order valence-corrected chi connectivity index (χ2v) is 9.12. The van der Waals surface area contributed by atoms with Crippen molar-refractivity contribution in [3.8, 4) is 0 Å². The van der Waals surface area contributed by atoms with Crippen molar-refractivity contribution < 1.29 is 23.9 Å². The number of anilines is 1. The Morgan fingerprint density at radius 2 is 1.67 bits per heavy atom. The highest BCUT2D eigenvalue weighted by molar-refractivity contribution is 7.12. The molecule has 33 heavy (non-hydrogen) atoms. The Morgan fingerprint density at radius 1 is 0.939 bits per heavy atom. The van der Waals surface area contributed by atoms with Crippen molar-refractivity contribution in [1.29, 1.82) is 0 Å². The lowest BCUT2D eigenvalue weighted by Gasteiger charge is -2.18. The fraction of sp³-hybridized carbons (Fsp3) is 0.231. The Bertz CT molecular complexity index is 1180. The molecule has 2 aromatic carbocycles. The van der Waals surface area contributed by atoms with Crippen LogP contribution in [0.5, 0.6) is 0 Å². The summed E-state index contributed by atoms with van der Waals surface area (Å²) in [5, 5.41) is 2.71. The lowest BCUT2D eigenvalue weighted by molar-refractivity contribution is -0.154. The molecule has 0 spiro atoms. The van der Waals surface area contributed by atoms with Gasteiger partial charge in [-0.15, -0.1) is 11.3 Å². The topological polar surface area (TPSA) is 89.5 Å². The number of benzene rings is 2. The molecule has 0 saturated heterocycles. The summed E-state index contributed by atoms with van der Waals surface area (Å²) < 4.78 is 5.50. The van der Waals surface area contributed by atoms with Crippen LogP contribution in [0, 0.1) is 13.8 Å². The summed E-state index contributed by atoms with van der Waals surface area (Å²) in [7, 11) is 0. The van der Waals surface area contributed by atoms with Crippen molar-refractivity contribution in [1.82, 2.24) is 0 Å². The zero-order valence-corrected chi connectivity index (χ0v) is 19.5. The fourth-order valence-corrected chi connectivity index (χ4v) is 4.32. The number of aryl methyl sites for hydroxylation is 2. The van der Waals surface area contributed by atoms with E-state index in [2.05, 4.69) is 5.32 Å². The number of thiophene rings is 1. The Kier molecular flexibility index (Phi) is 7.90. The highest BCUT2D eigenvalue weighted by Crippen LogP contribution is 2.24. The van der Waals surface area contributed by atoms with Crippen molar-refractivity contribution in [3.63, 3.8) is 0 Å². The number of rotatable bonds is 9. The number of ketones is 2. The lowest BCUT2D eigenvalue weighted by atomic mass is 10.1. The van der Waals surface area contributed by atoms with Crippen LogP contribution in [0.2, 0.25) is 0 Å². The molecular formula is C26H25NO5S. The second-order valence-electron chi connectivity index (χ2n) is 7.66. The van der Waals surface area contributed by atoms with E-state index >= 15 is 0 Å². The molecule has 1 heterocycles. The molecule has 0 saturated carbocycles. The maximum absolute atomic E-state index is 13.0. The first-order valence-corrected chi connectivity index (χ1v) is 11.3. The van der Waals surface area contributed by atoms with Crippen LogP contribution in [0.15, 0.2) is 60.7 Å². The minimum absolute atomic E-state index is 0.000365. The van der Waals surface area contributed by atoms with E-state index in [9.17, 15) is 19.2 Å². The molecule has 1 N–H and O–H groups in total. The first-order valence-electron chi connectivity index (χ1n) is 10.5. The van der Waals surface area contributed by atoms with Crippen LogP contribution in [0.25, 0.3) is 0 Å². The molecule has 0 bridgehead atoms. The number of esters is 1. The maximum atomic E-state index is 13.0. The summed E-state index contributed by atoms with van der Waals surface area (Å²) in [6.07, 6.45) is -1.33. The quantitative estimate of drug-likeness (QED) is 0.336. The maximum Gasteiger partial charge on any atom is 0.307 e. The molecule has 1 amide bonds. The monoisotopic (exact) mass is 463 g/mol. The molecular weight excluding hydrogens is 438 g/mol. The molecule has 1 atom stereocenters. The molecule has 1 unspecified atom stereocenters. The summed E-state index contributed by atoms with van der Waals surface area (Å²) in [5.74, 6) is -1.45. The third-order valence-corrected chi connectivity index (χ3v) is 5.99. The average molecular weight is 464 g/mol. The van der Waals surface area contributed by atoms with Gasteiger partial charge in [0, 0.05) is 38.6 Å². The summed E-state index contributed by atoms with van der Waals surface area (Å²) >= 11 is 1.54. The Hall–Kier alpha value is -3.58. The Labute approximate surface area is 196 Å². The summed E-state index contributed by atoms with van der Waals surface area (Å²) in [6.45, 7) is 5.24. The van der Waals surface area contributed by atoms with Crippen LogP contribution in [0.4, 0.5) is 5.69 Å². The van der Waals surface area contributed by atoms with Gasteiger partial charge in [0.2, 0.25) is 6.10 Å². The third-order valence-electron chi connectivity index (χ3n) is 5.02. The van der Waals surface area contributed by atoms with E-state index in [1.165, 1.54) is 18.3 Å². The van der Waals surface area contributed by atoms with E-state index in [1.54, 1.807) is 54.6 Å². The van der Waals surface area contributed by atoms with E-state index < -0.39 is 18.0 Å². The van der Waals surface area contributed by atoms with Gasteiger partial charge in [0.15, 0.2) is 11.6 Å². The average Bonchev–Trinajstić information content (AvgIpc) is 3.14. The number of ether oxygens (including phenoxy) is 1. The Balaban J connectivity index is 1.70. The van der Waals surface area contributed by atoms with E-state index in [4.69, 9.17) is 4.74 Å². The van der Waals surface area contributed by atoms with Crippen LogP contribution >= 0.6 is 11.3 Å². The normalized spacial score (nSPS) is 11.5. The highest BCUT2D eigenvalue weighted by atomic mass is 32.1. The molecule has 0 aliphatic heterocycles. The number of carbonyl (C=O) groups excluding carboxylic acids is 4. The van der Waals surface area contributed by atoms with Gasteiger partial charge in [0.05, 0.1) is 6.42 Å². The number of carbonyl (C=O) groups is 4. The predicted octanol–water partition coefficient (Wildman–Crippen LogP) is 5.45. The number of amides is 1. The molecule has 170 valence electrons. The van der Waals surface area contributed by atoms with E-state index in [-0.39, 0.29) is 24.4 Å². The summed E-state index contributed by atoms with van der Waals surface area (Å²) in [6, 6.07) is 17.0. The van der Waals surface area contributed by atoms with Gasteiger partial charge in [-0.2, -0.15) is 0 Å². The molecule has 7 heteroatoms. The van der Waals surface area contributed by atoms with E-state index in [1.807, 2.05) is 19.9 Å². The van der Waals surface area contributed by atoms with Crippen molar-refractivity contribution in [2.75, 3.05) is 5.32 Å². The highest BCUT2D eigenvalue weighted by Gasteiger charge is 2.26. The van der Waals surface area contributed by atoms with Gasteiger partial charge in [0.25, 0.3) is 5.91 Å². The van der Waals surface area contributed by atoms with Gasteiger partial charge in [-0.3, -0.25) is 19.2 Å². The molecule has 0 radical (unpaired) electrons. The second kappa shape index (κ2) is 10.8. The number of nitrogens with one attached hydrogen (secondary N) is 1. The SMILES string of the molecule is CC(=O)c1cccc(NC(=O)C(OC(=O)CCC(=O)c2cc(C)sc2C)c2ccccc2)c1. The molecule has 3 rings (SSSR count). The lowest BCUT2D eigenvalue weighted by Crippen LogP contribution is -2.26. The Morgan fingerprint density at radius 3 is 2.30 bits per heavy atom. The van der Waals surface area contributed by atoms with Crippen molar-refractivity contribution >= 4 is 40.5 Å². The van der Waals surface area contributed by atoms with E-state index in [0.717, 1.165) is 9.75 Å². The zero-order chi connectivity index (χ0) is 24.0. The molecule has 6 nitrogen and oxygen atoms in total. The van der Waals surface area contributed by atoms with E-state index in [0.29, 0.717) is 22.4 Å². The van der Waals surface area contributed by atoms with Crippen LogP contribution in [0.3, 0.4) is 0 Å². The molecule has 0 fully saturated rings. The van der Waals surface area contributed by atoms with Crippen LogP contribution in [-0.2, 0) is 14.3 Å². The van der Waals surface area contributed by atoms with Crippen LogP contribution in [-0.4, -0.2) is 23.4 Å². The van der Waals surface area contributed by atoms with Crippen LogP contribution < -0.4 is 5.32 Å². The van der Waals surface area contributed by atoms with Crippen molar-refractivity contribution in [2.24, 2.45) is 0 Å². The fourth-order valence-electron chi connectivity index (χ4n) is 3.37. The van der Waals surface area contributed by atoms with Gasteiger partial charge >= 0.3 is 5.97 Å². The standard InChI is InChI=1S/C26H25NO5S/c1-16-14-22(18(3)33-16)23(29)12-13-24(30)32-25(19-8-5-4-6-9-19)26(31)27-21-11-7-10-20(15-21)17(2)28/h4-11,14-15,25H,12-13H2,1-3H3,(H,27,31). The van der Waals surface area contributed by atoms with Gasteiger partial charge in [-0.1, -0.05) is 42.5 Å². The van der Waals surface area contributed by atoms with Gasteiger partial charge in [-0.25, -0.2) is 0 Å². The molecule has 1 aromatic heterocycles. The first-order chi connectivity index (χ1) is 15.7. The predicted molar refractivity (Wildman–Crippen MR) is 128 cm³/mol. The number of Topliss-reactive ketones (excluding diaryl/α,β-unsaturated/α-hetero) is 2. The summed E-state index contributed by atoms with van der Waals surface area (Å²) in [4.78, 5) is 51.6. The molecule has 0 aliphatic carbocycles. The first kappa shape index (κ1) is 24.1. The summed E-state index contributed by atoms with van der Waals surface area (Å²) in [5.41, 5.74) is 2.00. The number of hydrogen-bond acceptors (Lipinski definition) is 6. The third kappa shape index (κ3) is 6.46. The van der Waals surface area contributed by atoms with Gasteiger partial charge in [0.1, 0.15) is 0 Å². The zero-order valence-electron chi connectivity index (χ0n) is 18.7. The van der Waals surface area contributed by atoms with Gasteiger partial charge < -0.3 is 10.1 Å². The minimum Gasteiger partial charge on any atom is -0.447 e. The van der Waals surface area contributed by atoms with Crippen molar-refractivity contribution in [2.45, 2.75) is 39.7 Å². The van der Waals surface area contributed by atoms with Crippen molar-refractivity contribution in [3.05, 3.63) is 87.1 Å². The van der Waals surface area contributed by atoms with Gasteiger partial charge in [-0.05, 0) is 39.0 Å². The smallest absolute Gasteiger partial charge is 0.307 e. The molecule has 3 aromatic rings. The largest absolute Gasteiger partial charge is 0.447 e. The molecule has 0 aliphatic rings. The van der Waals surface area contributed by atoms with Crippen LogP contribution in [0.1, 0.15) is 61.9 Å².